The first kappa shape index (κ1) is 13.3. The molecular weight excluding hydrogens is 208 g/mol. The van der Waals surface area contributed by atoms with E-state index in [0.717, 1.165) is 6.42 Å². The van der Waals surface area contributed by atoms with Gasteiger partial charge in [-0.2, -0.15) is 0 Å². The Morgan fingerprint density at radius 1 is 1.38 bits per heavy atom. The van der Waals surface area contributed by atoms with Gasteiger partial charge in [-0.05, 0) is 19.8 Å². The zero-order chi connectivity index (χ0) is 12.0. The molecule has 0 aromatic rings. The van der Waals surface area contributed by atoms with Crippen LogP contribution in [0.2, 0.25) is 0 Å². The van der Waals surface area contributed by atoms with Crippen LogP contribution in [0.25, 0.3) is 0 Å². The summed E-state index contributed by atoms with van der Waals surface area (Å²) in [5.41, 5.74) is 0. The van der Waals surface area contributed by atoms with E-state index in [2.05, 4.69) is 17.6 Å². The standard InChI is InChI=1S/C11H22N2O3/c1-4-12-10(14)13-8-9(2)7-11(3)15-5-6-16-11/h9H,4-8H2,1-3H3,(H2,12,13,14)/t9-/m0/s1. The Hall–Kier alpha value is -0.810. The van der Waals surface area contributed by atoms with Gasteiger partial charge in [0.2, 0.25) is 0 Å². The molecule has 2 N–H and O–H groups in total. The van der Waals surface area contributed by atoms with Gasteiger partial charge >= 0.3 is 6.03 Å². The van der Waals surface area contributed by atoms with Crippen molar-refractivity contribution < 1.29 is 14.3 Å². The predicted molar refractivity (Wildman–Crippen MR) is 61.2 cm³/mol. The first-order valence-electron chi connectivity index (χ1n) is 5.85. The van der Waals surface area contributed by atoms with Crippen LogP contribution in [-0.2, 0) is 9.47 Å². The van der Waals surface area contributed by atoms with Crippen molar-refractivity contribution in [2.45, 2.75) is 33.0 Å². The average molecular weight is 230 g/mol. The summed E-state index contributed by atoms with van der Waals surface area (Å²) < 4.78 is 11.0. The molecule has 2 amide bonds. The Balaban J connectivity index is 2.19. The summed E-state index contributed by atoms with van der Waals surface area (Å²) in [6.45, 7) is 8.51. The van der Waals surface area contributed by atoms with Crippen molar-refractivity contribution in [1.29, 1.82) is 0 Å². The second kappa shape index (κ2) is 6.06. The van der Waals surface area contributed by atoms with E-state index >= 15 is 0 Å². The number of carbonyl (C=O) groups is 1. The van der Waals surface area contributed by atoms with Crippen molar-refractivity contribution in [1.82, 2.24) is 10.6 Å². The number of amides is 2. The Kier molecular flexibility index (Phi) is 5.02. The van der Waals surface area contributed by atoms with E-state index in [1.807, 2.05) is 13.8 Å². The van der Waals surface area contributed by atoms with Gasteiger partial charge in [0.15, 0.2) is 5.79 Å². The van der Waals surface area contributed by atoms with E-state index in [1.54, 1.807) is 0 Å². The van der Waals surface area contributed by atoms with Gasteiger partial charge in [0, 0.05) is 19.5 Å². The summed E-state index contributed by atoms with van der Waals surface area (Å²) in [6.07, 6.45) is 0.791. The monoisotopic (exact) mass is 230 g/mol. The minimum atomic E-state index is -0.470. The first-order valence-corrected chi connectivity index (χ1v) is 5.85. The number of rotatable bonds is 5. The fourth-order valence-electron chi connectivity index (χ4n) is 1.87. The predicted octanol–water partition coefficient (Wildman–Crippen LogP) is 1.09. The Labute approximate surface area is 96.9 Å². The van der Waals surface area contributed by atoms with Crippen LogP contribution < -0.4 is 10.6 Å². The molecule has 1 saturated heterocycles. The fraction of sp³-hybridized carbons (Fsp3) is 0.909. The van der Waals surface area contributed by atoms with E-state index in [9.17, 15) is 4.79 Å². The van der Waals surface area contributed by atoms with Gasteiger partial charge in [0.1, 0.15) is 0 Å². The van der Waals surface area contributed by atoms with Crippen molar-refractivity contribution >= 4 is 6.03 Å². The maximum atomic E-state index is 11.2. The quantitative estimate of drug-likeness (QED) is 0.743. The molecule has 5 heteroatoms. The molecule has 1 fully saturated rings. The highest BCUT2D eigenvalue weighted by atomic mass is 16.7. The zero-order valence-corrected chi connectivity index (χ0v) is 10.3. The van der Waals surface area contributed by atoms with Crippen molar-refractivity contribution in [2.24, 2.45) is 5.92 Å². The van der Waals surface area contributed by atoms with Crippen molar-refractivity contribution in [3.05, 3.63) is 0 Å². The summed E-state index contributed by atoms with van der Waals surface area (Å²) >= 11 is 0. The van der Waals surface area contributed by atoms with Gasteiger partial charge in [0.05, 0.1) is 13.2 Å². The van der Waals surface area contributed by atoms with Crippen LogP contribution in [0.4, 0.5) is 4.79 Å². The summed E-state index contributed by atoms with van der Waals surface area (Å²) in [5, 5.41) is 5.50. The first-order chi connectivity index (χ1) is 7.56. The van der Waals surface area contributed by atoms with Gasteiger partial charge in [-0.15, -0.1) is 0 Å². The summed E-state index contributed by atoms with van der Waals surface area (Å²) in [7, 11) is 0. The molecule has 0 bridgehead atoms. The lowest BCUT2D eigenvalue weighted by molar-refractivity contribution is -0.153. The topological polar surface area (TPSA) is 59.6 Å². The van der Waals surface area contributed by atoms with E-state index in [0.29, 0.717) is 32.2 Å². The van der Waals surface area contributed by atoms with Crippen molar-refractivity contribution in [2.75, 3.05) is 26.3 Å². The van der Waals surface area contributed by atoms with Crippen LogP contribution in [-0.4, -0.2) is 38.1 Å². The molecule has 1 aliphatic rings. The average Bonchev–Trinajstić information content (AvgIpc) is 2.62. The molecule has 1 atom stereocenters. The molecule has 0 radical (unpaired) electrons. The summed E-state index contributed by atoms with van der Waals surface area (Å²) in [4.78, 5) is 11.2. The fourth-order valence-corrected chi connectivity index (χ4v) is 1.87. The van der Waals surface area contributed by atoms with Gasteiger partial charge < -0.3 is 20.1 Å². The SMILES string of the molecule is CCNC(=O)NC[C@@H](C)CC1(C)OCCO1. The highest BCUT2D eigenvalue weighted by molar-refractivity contribution is 5.73. The molecule has 0 saturated carbocycles. The minimum absolute atomic E-state index is 0.118. The maximum Gasteiger partial charge on any atom is 0.314 e. The van der Waals surface area contributed by atoms with Gasteiger partial charge in [-0.25, -0.2) is 4.79 Å². The van der Waals surface area contributed by atoms with Crippen LogP contribution in [0.1, 0.15) is 27.2 Å². The van der Waals surface area contributed by atoms with Gasteiger partial charge in [0.25, 0.3) is 0 Å². The van der Waals surface area contributed by atoms with E-state index in [4.69, 9.17) is 9.47 Å². The number of hydrogen-bond acceptors (Lipinski definition) is 3. The summed E-state index contributed by atoms with van der Waals surface area (Å²) in [6, 6.07) is -0.118. The third-order valence-electron chi connectivity index (χ3n) is 2.57. The molecule has 5 nitrogen and oxygen atoms in total. The number of hydrogen-bond donors (Lipinski definition) is 2. The highest BCUT2D eigenvalue weighted by Crippen LogP contribution is 2.26. The lowest BCUT2D eigenvalue weighted by Crippen LogP contribution is -2.39. The molecule has 1 rings (SSSR count). The summed E-state index contributed by atoms with van der Waals surface area (Å²) in [5.74, 6) is -0.145. The number of ether oxygens (including phenoxy) is 2. The lowest BCUT2D eigenvalue weighted by atomic mass is 10.0. The molecule has 1 aliphatic heterocycles. The molecule has 94 valence electrons. The maximum absolute atomic E-state index is 11.2. The van der Waals surface area contributed by atoms with Gasteiger partial charge in [-0.3, -0.25) is 0 Å². The van der Waals surface area contributed by atoms with E-state index in [-0.39, 0.29) is 6.03 Å². The number of nitrogens with one attached hydrogen (secondary N) is 2. The van der Waals surface area contributed by atoms with Crippen LogP contribution in [0.3, 0.4) is 0 Å². The van der Waals surface area contributed by atoms with Crippen molar-refractivity contribution in [3.63, 3.8) is 0 Å². The largest absolute Gasteiger partial charge is 0.348 e. The molecule has 0 aromatic heterocycles. The van der Waals surface area contributed by atoms with E-state index < -0.39 is 5.79 Å². The molecule has 0 aliphatic carbocycles. The smallest absolute Gasteiger partial charge is 0.314 e. The highest BCUT2D eigenvalue weighted by Gasteiger charge is 2.32. The zero-order valence-electron chi connectivity index (χ0n) is 10.3. The molecule has 0 aromatic carbocycles. The molecule has 0 unspecified atom stereocenters. The second-order valence-electron chi connectivity index (χ2n) is 4.38. The van der Waals surface area contributed by atoms with Gasteiger partial charge in [-0.1, -0.05) is 6.92 Å². The third kappa shape index (κ3) is 4.37. The Morgan fingerprint density at radius 2 is 2.00 bits per heavy atom. The number of urea groups is 1. The Morgan fingerprint density at radius 3 is 2.56 bits per heavy atom. The second-order valence-corrected chi connectivity index (χ2v) is 4.38. The molecular formula is C11H22N2O3. The van der Waals surface area contributed by atoms with E-state index in [1.165, 1.54) is 0 Å². The van der Waals surface area contributed by atoms with Crippen LogP contribution in [0, 0.1) is 5.92 Å². The molecule has 16 heavy (non-hydrogen) atoms. The van der Waals surface area contributed by atoms with Crippen LogP contribution >= 0.6 is 0 Å². The van der Waals surface area contributed by atoms with Crippen LogP contribution in [0.5, 0.6) is 0 Å². The normalized spacial score (nSPS) is 20.4. The third-order valence-corrected chi connectivity index (χ3v) is 2.57. The Bertz CT molecular complexity index is 227. The molecule has 0 spiro atoms. The number of carbonyl (C=O) groups excluding carboxylic acids is 1. The van der Waals surface area contributed by atoms with Crippen LogP contribution in [0.15, 0.2) is 0 Å². The van der Waals surface area contributed by atoms with Crippen molar-refractivity contribution in [3.8, 4) is 0 Å². The lowest BCUT2D eigenvalue weighted by Gasteiger charge is -2.25. The molecule has 1 heterocycles. The minimum Gasteiger partial charge on any atom is -0.348 e.